The van der Waals surface area contributed by atoms with Crippen LogP contribution in [0.1, 0.15) is 18.4 Å². The summed E-state index contributed by atoms with van der Waals surface area (Å²) in [7, 11) is 0. The molecule has 0 unspecified atom stereocenters. The molecule has 0 saturated heterocycles. The molecule has 0 aromatic heterocycles. The van der Waals surface area contributed by atoms with Gasteiger partial charge in [0.15, 0.2) is 0 Å². The fourth-order valence-corrected chi connectivity index (χ4v) is 2.37. The van der Waals surface area contributed by atoms with Crippen molar-refractivity contribution in [3.63, 3.8) is 0 Å². The number of carbonyl (C=O) groups excluding carboxylic acids is 1. The number of hydrogen-bond acceptors (Lipinski definition) is 4. The van der Waals surface area contributed by atoms with Crippen molar-refractivity contribution in [3.8, 4) is 6.07 Å². The second-order valence-electron chi connectivity index (χ2n) is 4.98. The number of rotatable bonds is 5. The van der Waals surface area contributed by atoms with Gasteiger partial charge in [-0.3, -0.25) is 9.59 Å². The fraction of sp³-hybridized carbons (Fsp3) is 0.312. The molecule has 1 heterocycles. The molecule has 2 N–H and O–H groups in total. The molecular weight excluding hydrogens is 282 g/mol. The number of amides is 1. The first-order chi connectivity index (χ1) is 10.6. The first-order valence-corrected chi connectivity index (χ1v) is 7.08. The molecule has 22 heavy (non-hydrogen) atoms. The number of hydrogen-bond donors (Lipinski definition) is 2. The van der Waals surface area contributed by atoms with Gasteiger partial charge in [0.05, 0.1) is 6.42 Å². The molecule has 1 aliphatic rings. The second-order valence-corrected chi connectivity index (χ2v) is 4.98. The van der Waals surface area contributed by atoms with Crippen LogP contribution >= 0.6 is 0 Å². The maximum absolute atomic E-state index is 11.9. The van der Waals surface area contributed by atoms with E-state index in [-0.39, 0.29) is 18.5 Å². The number of nitrogens with one attached hydrogen (secondary N) is 1. The molecule has 0 saturated carbocycles. The summed E-state index contributed by atoms with van der Waals surface area (Å²) in [5, 5.41) is 20.2. The van der Waals surface area contributed by atoms with Crippen molar-refractivity contribution in [1.29, 1.82) is 5.26 Å². The van der Waals surface area contributed by atoms with Crippen LogP contribution in [0, 0.1) is 11.3 Å². The van der Waals surface area contributed by atoms with Gasteiger partial charge >= 0.3 is 5.97 Å². The number of carboxylic acid groups (broad SMARTS) is 1. The summed E-state index contributed by atoms with van der Waals surface area (Å²) in [6.07, 6.45) is 3.30. The van der Waals surface area contributed by atoms with E-state index in [1.807, 2.05) is 35.2 Å². The Morgan fingerprint density at radius 1 is 1.41 bits per heavy atom. The zero-order valence-electron chi connectivity index (χ0n) is 12.1. The average molecular weight is 299 g/mol. The van der Waals surface area contributed by atoms with Crippen LogP contribution < -0.4 is 10.2 Å². The summed E-state index contributed by atoms with van der Waals surface area (Å²) in [6, 6.07) is 9.76. The molecule has 0 bridgehead atoms. The van der Waals surface area contributed by atoms with Crippen LogP contribution in [0.3, 0.4) is 0 Å². The Morgan fingerprint density at radius 3 is 2.91 bits per heavy atom. The molecule has 0 radical (unpaired) electrons. The highest BCUT2D eigenvalue weighted by Crippen LogP contribution is 2.27. The van der Waals surface area contributed by atoms with Crippen molar-refractivity contribution in [2.45, 2.75) is 19.3 Å². The van der Waals surface area contributed by atoms with Gasteiger partial charge in [0.1, 0.15) is 11.6 Å². The molecule has 1 aromatic rings. The van der Waals surface area contributed by atoms with Gasteiger partial charge < -0.3 is 15.3 Å². The number of nitrogens with zero attached hydrogens (tertiary/aromatic N) is 2. The Bertz CT molecular complexity index is 646. The number of fused-ring (bicyclic) bond motifs is 1. The fourth-order valence-electron chi connectivity index (χ4n) is 2.37. The SMILES string of the molecule is N#C/C(=C/N1CCCc2ccccc21)C(=O)NCCC(=O)O. The quantitative estimate of drug-likeness (QED) is 0.634. The third-order valence-electron chi connectivity index (χ3n) is 3.42. The van der Waals surface area contributed by atoms with E-state index >= 15 is 0 Å². The molecule has 6 nitrogen and oxygen atoms in total. The Morgan fingerprint density at radius 2 is 2.18 bits per heavy atom. The first kappa shape index (κ1) is 15.6. The van der Waals surface area contributed by atoms with Gasteiger partial charge in [-0.1, -0.05) is 18.2 Å². The minimum Gasteiger partial charge on any atom is -0.481 e. The maximum Gasteiger partial charge on any atom is 0.305 e. The summed E-state index contributed by atoms with van der Waals surface area (Å²) in [4.78, 5) is 24.3. The minimum absolute atomic E-state index is 0.00374. The highest BCUT2D eigenvalue weighted by atomic mass is 16.4. The lowest BCUT2D eigenvalue weighted by atomic mass is 10.0. The lowest BCUT2D eigenvalue weighted by Gasteiger charge is -2.28. The summed E-state index contributed by atoms with van der Waals surface area (Å²) >= 11 is 0. The molecule has 114 valence electrons. The highest BCUT2D eigenvalue weighted by molar-refractivity contribution is 5.97. The Hall–Kier alpha value is -2.81. The predicted molar refractivity (Wildman–Crippen MR) is 81.1 cm³/mol. The van der Waals surface area contributed by atoms with Gasteiger partial charge in [-0.2, -0.15) is 5.26 Å². The monoisotopic (exact) mass is 299 g/mol. The average Bonchev–Trinajstić information content (AvgIpc) is 2.52. The van der Waals surface area contributed by atoms with E-state index < -0.39 is 11.9 Å². The molecule has 1 aliphatic heterocycles. The highest BCUT2D eigenvalue weighted by Gasteiger charge is 2.17. The van der Waals surface area contributed by atoms with Crippen LogP contribution in [-0.2, 0) is 16.0 Å². The summed E-state index contributed by atoms with van der Waals surface area (Å²) in [5.41, 5.74) is 2.16. The van der Waals surface area contributed by atoms with Crippen LogP contribution in [0.25, 0.3) is 0 Å². The Kier molecular flexibility index (Phi) is 5.15. The van der Waals surface area contributed by atoms with Crippen LogP contribution in [0.5, 0.6) is 0 Å². The summed E-state index contributed by atoms with van der Waals surface area (Å²) in [6.45, 7) is 0.744. The summed E-state index contributed by atoms with van der Waals surface area (Å²) in [5.74, 6) is -1.54. The lowest BCUT2D eigenvalue weighted by Crippen LogP contribution is -2.30. The largest absolute Gasteiger partial charge is 0.481 e. The minimum atomic E-state index is -0.993. The molecular formula is C16H17N3O3. The molecule has 0 aliphatic carbocycles. The number of para-hydroxylation sites is 1. The molecule has 2 rings (SSSR count). The van der Waals surface area contributed by atoms with E-state index in [2.05, 4.69) is 5.32 Å². The summed E-state index contributed by atoms with van der Waals surface area (Å²) < 4.78 is 0. The normalized spacial score (nSPS) is 14.0. The third kappa shape index (κ3) is 3.85. The zero-order valence-corrected chi connectivity index (χ0v) is 12.1. The Balaban J connectivity index is 2.11. The number of anilines is 1. The molecule has 6 heteroatoms. The van der Waals surface area contributed by atoms with Gasteiger partial charge in [0.2, 0.25) is 0 Å². The van der Waals surface area contributed by atoms with Crippen molar-refractivity contribution >= 4 is 17.6 Å². The van der Waals surface area contributed by atoms with Crippen LogP contribution in [-0.4, -0.2) is 30.1 Å². The lowest BCUT2D eigenvalue weighted by molar-refractivity contribution is -0.136. The van der Waals surface area contributed by atoms with Gasteiger partial charge in [-0.05, 0) is 24.5 Å². The third-order valence-corrected chi connectivity index (χ3v) is 3.42. The number of aliphatic carboxylic acids is 1. The molecule has 1 amide bonds. The van der Waals surface area contributed by atoms with Crippen molar-refractivity contribution < 1.29 is 14.7 Å². The van der Waals surface area contributed by atoms with Gasteiger partial charge in [0.25, 0.3) is 5.91 Å². The van der Waals surface area contributed by atoms with E-state index in [1.165, 1.54) is 11.8 Å². The van der Waals surface area contributed by atoms with Crippen molar-refractivity contribution in [1.82, 2.24) is 5.32 Å². The van der Waals surface area contributed by atoms with Crippen molar-refractivity contribution in [3.05, 3.63) is 41.6 Å². The molecule has 0 fully saturated rings. The van der Waals surface area contributed by atoms with E-state index in [0.717, 1.165) is 25.1 Å². The number of carboxylic acids is 1. The molecule has 0 spiro atoms. The number of nitriles is 1. The van der Waals surface area contributed by atoms with Crippen molar-refractivity contribution in [2.75, 3.05) is 18.0 Å². The van der Waals surface area contributed by atoms with Crippen molar-refractivity contribution in [2.24, 2.45) is 0 Å². The van der Waals surface area contributed by atoms with E-state index in [0.29, 0.717) is 0 Å². The zero-order chi connectivity index (χ0) is 15.9. The van der Waals surface area contributed by atoms with Crippen LogP contribution in [0.15, 0.2) is 36.0 Å². The number of benzene rings is 1. The Labute approximate surface area is 128 Å². The number of aryl methyl sites for hydroxylation is 1. The standard InChI is InChI=1S/C16H17N3O3/c17-10-13(16(22)18-8-7-15(20)21)11-19-9-3-5-12-4-1-2-6-14(12)19/h1-2,4,6,11H,3,5,7-9H2,(H,18,22)(H,20,21)/b13-11-. The molecule has 0 atom stereocenters. The van der Waals surface area contributed by atoms with Crippen LogP contribution in [0.4, 0.5) is 5.69 Å². The predicted octanol–water partition coefficient (Wildman–Crippen LogP) is 1.44. The molecule has 1 aromatic carbocycles. The topological polar surface area (TPSA) is 93.4 Å². The van der Waals surface area contributed by atoms with E-state index in [4.69, 9.17) is 10.4 Å². The maximum atomic E-state index is 11.9. The smallest absolute Gasteiger partial charge is 0.305 e. The van der Waals surface area contributed by atoms with E-state index in [9.17, 15) is 9.59 Å². The van der Waals surface area contributed by atoms with Gasteiger partial charge in [0, 0.05) is 25.0 Å². The van der Waals surface area contributed by atoms with Crippen LogP contribution in [0.2, 0.25) is 0 Å². The number of carbonyl (C=O) groups is 2. The van der Waals surface area contributed by atoms with Gasteiger partial charge in [-0.15, -0.1) is 0 Å². The van der Waals surface area contributed by atoms with E-state index in [1.54, 1.807) is 0 Å². The first-order valence-electron chi connectivity index (χ1n) is 7.08. The van der Waals surface area contributed by atoms with Gasteiger partial charge in [-0.25, -0.2) is 0 Å². The second kappa shape index (κ2) is 7.27.